The molecule has 1 aliphatic carbocycles. The third-order valence-corrected chi connectivity index (χ3v) is 6.60. The Bertz CT molecular complexity index is 1140. The number of carbonyl (C=O) groups excluding carboxylic acids is 1. The number of pyridine rings is 1. The molecule has 0 radical (unpaired) electrons. The zero-order valence-corrected chi connectivity index (χ0v) is 20.0. The number of fused-ring (bicyclic) bond motifs is 1. The summed E-state index contributed by atoms with van der Waals surface area (Å²) in [6.07, 6.45) is 7.63. The van der Waals surface area contributed by atoms with Gasteiger partial charge in [-0.2, -0.15) is 0 Å². The van der Waals surface area contributed by atoms with E-state index in [9.17, 15) is 4.79 Å². The van der Waals surface area contributed by atoms with Crippen LogP contribution >= 0.6 is 11.6 Å². The molecule has 4 rings (SSSR count). The molecule has 0 spiro atoms. The van der Waals surface area contributed by atoms with Crippen molar-refractivity contribution in [2.24, 2.45) is 5.92 Å². The number of carbonyl (C=O) groups is 1. The zero-order chi connectivity index (χ0) is 23.2. The van der Waals surface area contributed by atoms with Gasteiger partial charge in [-0.3, -0.25) is 4.79 Å². The molecule has 0 saturated heterocycles. The van der Waals surface area contributed by atoms with E-state index < -0.39 is 0 Å². The van der Waals surface area contributed by atoms with E-state index >= 15 is 0 Å². The second-order valence-corrected chi connectivity index (χ2v) is 9.31. The number of para-hydroxylation sites is 1. The molecular formula is C27H31ClN4O. The van der Waals surface area contributed by atoms with Crippen molar-refractivity contribution in [3.63, 3.8) is 0 Å². The highest BCUT2D eigenvalue weighted by molar-refractivity contribution is 6.32. The van der Waals surface area contributed by atoms with Gasteiger partial charge in [-0.15, -0.1) is 0 Å². The Kier molecular flexibility index (Phi) is 7.50. The van der Waals surface area contributed by atoms with Gasteiger partial charge < -0.3 is 15.5 Å². The van der Waals surface area contributed by atoms with E-state index in [2.05, 4.69) is 53.9 Å². The number of hydrogen-bond acceptors (Lipinski definition) is 4. The van der Waals surface area contributed by atoms with Gasteiger partial charge >= 0.3 is 0 Å². The van der Waals surface area contributed by atoms with Gasteiger partial charge in [0.1, 0.15) is 5.82 Å². The van der Waals surface area contributed by atoms with Crippen LogP contribution in [0, 0.1) is 5.92 Å². The first-order chi connectivity index (χ1) is 16.0. The fraction of sp³-hybridized carbons (Fsp3) is 0.333. The van der Waals surface area contributed by atoms with Crippen molar-refractivity contribution in [3.05, 3.63) is 71.3 Å². The van der Waals surface area contributed by atoms with Crippen molar-refractivity contribution in [1.82, 2.24) is 10.3 Å². The van der Waals surface area contributed by atoms with E-state index in [1.54, 1.807) is 12.2 Å². The maximum atomic E-state index is 12.2. The number of rotatable bonds is 7. The fourth-order valence-electron chi connectivity index (χ4n) is 4.40. The van der Waals surface area contributed by atoms with E-state index in [0.29, 0.717) is 23.5 Å². The van der Waals surface area contributed by atoms with Gasteiger partial charge in [0.2, 0.25) is 5.91 Å². The molecule has 2 aromatic carbocycles. The van der Waals surface area contributed by atoms with Gasteiger partial charge in [0.05, 0.1) is 5.52 Å². The standard InChI is InChI=1S/C27H31ClN4O/c1-32(2)25-17-26(31-24-10-6-4-8-22(24)25)30-21-14-11-19(12-15-21)18-29-27(33)16-13-20-7-3-5-9-23(20)28/h3-10,13,16-17,19,21H,11-12,14-15,18H2,1-2H3,(H,29,33)(H,30,31)/t19-,21+. The molecule has 1 heterocycles. The average molecular weight is 463 g/mol. The maximum Gasteiger partial charge on any atom is 0.244 e. The van der Waals surface area contributed by atoms with Gasteiger partial charge in [-0.25, -0.2) is 4.98 Å². The largest absolute Gasteiger partial charge is 0.377 e. The smallest absolute Gasteiger partial charge is 0.244 e. The molecule has 5 nitrogen and oxygen atoms in total. The predicted octanol–water partition coefficient (Wildman–Crippen LogP) is 5.75. The minimum Gasteiger partial charge on any atom is -0.377 e. The van der Waals surface area contributed by atoms with Crippen LogP contribution < -0.4 is 15.5 Å². The first-order valence-corrected chi connectivity index (χ1v) is 11.9. The van der Waals surface area contributed by atoms with Crippen LogP contribution in [-0.4, -0.2) is 37.6 Å². The summed E-state index contributed by atoms with van der Waals surface area (Å²) in [5.41, 5.74) is 3.03. The van der Waals surface area contributed by atoms with Crippen molar-refractivity contribution < 1.29 is 4.79 Å². The van der Waals surface area contributed by atoms with Crippen LogP contribution in [0.5, 0.6) is 0 Å². The molecule has 33 heavy (non-hydrogen) atoms. The lowest BCUT2D eigenvalue weighted by molar-refractivity contribution is -0.116. The van der Waals surface area contributed by atoms with Crippen molar-refractivity contribution in [2.75, 3.05) is 30.9 Å². The van der Waals surface area contributed by atoms with Crippen molar-refractivity contribution in [1.29, 1.82) is 0 Å². The topological polar surface area (TPSA) is 57.3 Å². The van der Waals surface area contributed by atoms with E-state index in [-0.39, 0.29) is 5.91 Å². The summed E-state index contributed by atoms with van der Waals surface area (Å²) in [6.45, 7) is 0.706. The van der Waals surface area contributed by atoms with Gasteiger partial charge in [0, 0.05) is 54.9 Å². The Morgan fingerprint density at radius 2 is 1.82 bits per heavy atom. The molecule has 6 heteroatoms. The van der Waals surface area contributed by atoms with E-state index in [1.807, 2.05) is 30.3 Å². The van der Waals surface area contributed by atoms with Gasteiger partial charge in [-0.1, -0.05) is 48.0 Å². The lowest BCUT2D eigenvalue weighted by atomic mass is 9.86. The molecule has 0 unspecified atom stereocenters. The Hall–Kier alpha value is -3.05. The maximum absolute atomic E-state index is 12.2. The van der Waals surface area contributed by atoms with Crippen LogP contribution in [0.4, 0.5) is 11.5 Å². The highest BCUT2D eigenvalue weighted by Gasteiger charge is 2.22. The second kappa shape index (κ2) is 10.7. The summed E-state index contributed by atoms with van der Waals surface area (Å²) in [4.78, 5) is 19.2. The Labute approximate surface area is 200 Å². The number of aromatic nitrogens is 1. The van der Waals surface area contributed by atoms with Crippen LogP contribution in [0.15, 0.2) is 60.7 Å². The molecule has 0 aliphatic heterocycles. The van der Waals surface area contributed by atoms with Crippen LogP contribution in [0.2, 0.25) is 5.02 Å². The number of benzene rings is 2. The monoisotopic (exact) mass is 462 g/mol. The molecule has 1 aromatic heterocycles. The van der Waals surface area contributed by atoms with Crippen LogP contribution in [-0.2, 0) is 4.79 Å². The minimum atomic E-state index is -0.0771. The summed E-state index contributed by atoms with van der Waals surface area (Å²) in [6, 6.07) is 18.3. The Balaban J connectivity index is 1.27. The molecule has 1 amide bonds. The van der Waals surface area contributed by atoms with Crippen LogP contribution in [0.25, 0.3) is 17.0 Å². The lowest BCUT2D eigenvalue weighted by Crippen LogP contribution is -2.33. The summed E-state index contributed by atoms with van der Waals surface area (Å²) in [5.74, 6) is 1.35. The summed E-state index contributed by atoms with van der Waals surface area (Å²) >= 11 is 6.14. The number of anilines is 2. The molecule has 0 atom stereocenters. The molecule has 2 N–H and O–H groups in total. The van der Waals surface area contributed by atoms with Gasteiger partial charge in [0.15, 0.2) is 0 Å². The number of amides is 1. The third-order valence-electron chi connectivity index (χ3n) is 6.26. The zero-order valence-electron chi connectivity index (χ0n) is 19.2. The molecule has 0 bridgehead atoms. The minimum absolute atomic E-state index is 0.0771. The molecule has 172 valence electrons. The lowest BCUT2D eigenvalue weighted by Gasteiger charge is -2.30. The van der Waals surface area contributed by atoms with Gasteiger partial charge in [0.25, 0.3) is 0 Å². The van der Waals surface area contributed by atoms with E-state index in [0.717, 1.165) is 48.0 Å². The van der Waals surface area contributed by atoms with E-state index in [4.69, 9.17) is 16.6 Å². The normalized spacial score (nSPS) is 18.4. The predicted molar refractivity (Wildman–Crippen MR) is 139 cm³/mol. The van der Waals surface area contributed by atoms with Crippen molar-refractivity contribution in [2.45, 2.75) is 31.7 Å². The fourth-order valence-corrected chi connectivity index (χ4v) is 4.60. The quantitative estimate of drug-likeness (QED) is 0.438. The Morgan fingerprint density at radius 3 is 2.58 bits per heavy atom. The van der Waals surface area contributed by atoms with Crippen LogP contribution in [0.1, 0.15) is 31.2 Å². The first kappa shape index (κ1) is 23.1. The number of nitrogens with zero attached hydrogens (tertiary/aromatic N) is 2. The summed E-state index contributed by atoms with van der Waals surface area (Å²) in [7, 11) is 4.13. The SMILES string of the molecule is CN(C)c1cc(N[C@H]2CC[C@@H](CNC(=O)C=Cc3ccccc3Cl)CC2)nc2ccccc12. The second-order valence-electron chi connectivity index (χ2n) is 8.90. The van der Waals surface area contributed by atoms with Crippen LogP contribution in [0.3, 0.4) is 0 Å². The molecular weight excluding hydrogens is 432 g/mol. The number of nitrogens with one attached hydrogen (secondary N) is 2. The molecule has 1 fully saturated rings. The highest BCUT2D eigenvalue weighted by atomic mass is 35.5. The number of hydrogen-bond donors (Lipinski definition) is 2. The van der Waals surface area contributed by atoms with E-state index in [1.165, 1.54) is 5.69 Å². The average Bonchev–Trinajstić information content (AvgIpc) is 2.82. The summed E-state index contributed by atoms with van der Waals surface area (Å²) < 4.78 is 0. The molecule has 3 aromatic rings. The number of halogens is 1. The summed E-state index contributed by atoms with van der Waals surface area (Å²) in [5, 5.41) is 8.50. The third kappa shape index (κ3) is 6.05. The Morgan fingerprint density at radius 1 is 1.09 bits per heavy atom. The van der Waals surface area contributed by atoms with Crippen molar-refractivity contribution >= 4 is 46.0 Å². The molecule has 1 saturated carbocycles. The first-order valence-electron chi connectivity index (χ1n) is 11.5. The van der Waals surface area contributed by atoms with Crippen molar-refractivity contribution in [3.8, 4) is 0 Å². The molecule has 1 aliphatic rings. The highest BCUT2D eigenvalue weighted by Crippen LogP contribution is 2.30. The van der Waals surface area contributed by atoms with Gasteiger partial charge in [-0.05, 0) is 55.4 Å².